The van der Waals surface area contributed by atoms with E-state index in [4.69, 9.17) is 16.3 Å². The maximum atomic E-state index is 11.7. The Morgan fingerprint density at radius 2 is 2.30 bits per heavy atom. The molecule has 6 nitrogen and oxygen atoms in total. The van der Waals surface area contributed by atoms with Gasteiger partial charge in [-0.15, -0.1) is 0 Å². The first-order valence-corrected chi connectivity index (χ1v) is 8.40. The van der Waals surface area contributed by atoms with E-state index in [2.05, 4.69) is 20.6 Å². The van der Waals surface area contributed by atoms with E-state index < -0.39 is 0 Å². The molecular weight excluding hydrogens is 316 g/mol. The molecule has 1 aliphatic rings. The summed E-state index contributed by atoms with van der Waals surface area (Å²) in [7, 11) is 0. The monoisotopic (exact) mass is 338 g/mol. The van der Waals surface area contributed by atoms with E-state index in [0.717, 1.165) is 24.8 Å². The van der Waals surface area contributed by atoms with Gasteiger partial charge in [-0.1, -0.05) is 6.42 Å². The molecule has 1 aliphatic carbocycles. The van der Waals surface area contributed by atoms with Gasteiger partial charge in [0.2, 0.25) is 11.2 Å². The second kappa shape index (κ2) is 9.35. The lowest BCUT2D eigenvalue weighted by molar-refractivity contribution is -0.127. The molecule has 1 amide bonds. The number of carbonyl (C=O) groups is 1. The summed E-state index contributed by atoms with van der Waals surface area (Å²) in [6, 6.07) is 0. The number of aromatic nitrogens is 2. The lowest BCUT2D eigenvalue weighted by Gasteiger charge is -2.24. The number of nitrogens with one attached hydrogen (secondary N) is 2. The minimum Gasteiger partial charge on any atom is -0.501 e. The molecule has 23 heavy (non-hydrogen) atoms. The molecule has 7 heteroatoms. The molecule has 0 radical (unpaired) electrons. The van der Waals surface area contributed by atoms with E-state index in [0.29, 0.717) is 25.5 Å². The number of rotatable bonds is 9. The normalized spacial score (nSPS) is 14.5. The van der Waals surface area contributed by atoms with Gasteiger partial charge in [-0.2, -0.15) is 0 Å². The number of nitrogens with zero attached hydrogens (tertiary/aromatic N) is 2. The van der Waals surface area contributed by atoms with Crippen LogP contribution in [0.1, 0.15) is 38.2 Å². The minimum absolute atomic E-state index is 0.182. The third-order valence-electron chi connectivity index (χ3n) is 3.72. The van der Waals surface area contributed by atoms with Gasteiger partial charge in [-0.3, -0.25) is 4.79 Å². The van der Waals surface area contributed by atoms with Gasteiger partial charge in [-0.25, -0.2) is 9.97 Å². The van der Waals surface area contributed by atoms with E-state index in [-0.39, 0.29) is 17.1 Å². The highest BCUT2D eigenvalue weighted by Crippen LogP contribution is 2.26. The van der Waals surface area contributed by atoms with Gasteiger partial charge in [0.1, 0.15) is 5.82 Å². The largest absolute Gasteiger partial charge is 0.501 e. The van der Waals surface area contributed by atoms with Crippen LogP contribution >= 0.6 is 11.6 Å². The van der Waals surface area contributed by atoms with Gasteiger partial charge in [0, 0.05) is 30.8 Å². The molecule has 0 aromatic carbocycles. The Morgan fingerprint density at radius 3 is 3.00 bits per heavy atom. The van der Waals surface area contributed by atoms with Crippen molar-refractivity contribution in [3.63, 3.8) is 0 Å². The van der Waals surface area contributed by atoms with Crippen molar-refractivity contribution in [1.82, 2.24) is 15.3 Å². The van der Waals surface area contributed by atoms with Gasteiger partial charge >= 0.3 is 0 Å². The molecule has 0 spiro atoms. The number of ether oxygens (including phenoxy) is 1. The highest BCUT2D eigenvalue weighted by Gasteiger charge is 2.24. The van der Waals surface area contributed by atoms with Gasteiger partial charge in [-0.05, 0) is 43.9 Å². The maximum absolute atomic E-state index is 11.7. The second-order valence-corrected chi connectivity index (χ2v) is 5.74. The average molecular weight is 339 g/mol. The molecule has 1 heterocycles. The fourth-order valence-electron chi connectivity index (χ4n) is 2.17. The number of anilines is 1. The zero-order chi connectivity index (χ0) is 16.5. The summed E-state index contributed by atoms with van der Waals surface area (Å²) in [6.45, 7) is 3.87. The van der Waals surface area contributed by atoms with Crippen LogP contribution in [0.15, 0.2) is 12.5 Å². The fourth-order valence-corrected chi connectivity index (χ4v) is 2.31. The van der Waals surface area contributed by atoms with Crippen molar-refractivity contribution < 1.29 is 9.53 Å². The zero-order valence-electron chi connectivity index (χ0n) is 13.3. The van der Waals surface area contributed by atoms with Gasteiger partial charge in [0.05, 0.1) is 12.9 Å². The summed E-state index contributed by atoms with van der Waals surface area (Å²) in [5, 5.41) is 6.38. The van der Waals surface area contributed by atoms with Crippen molar-refractivity contribution >= 4 is 29.4 Å². The van der Waals surface area contributed by atoms with Crippen molar-refractivity contribution in [3.05, 3.63) is 23.3 Å². The number of hydrogen-bond acceptors (Lipinski definition) is 5. The third kappa shape index (κ3) is 5.71. The Bertz CT molecular complexity index is 547. The van der Waals surface area contributed by atoms with Crippen molar-refractivity contribution in [2.75, 3.05) is 25.0 Å². The highest BCUT2D eigenvalue weighted by atomic mass is 35.5. The first kappa shape index (κ1) is 17.5. The molecule has 2 rings (SSSR count). The van der Waals surface area contributed by atoms with Crippen molar-refractivity contribution in [2.24, 2.45) is 5.92 Å². The van der Waals surface area contributed by atoms with Crippen LogP contribution < -0.4 is 10.6 Å². The fraction of sp³-hybridized carbons (Fsp3) is 0.562. The van der Waals surface area contributed by atoms with Crippen LogP contribution in [0.3, 0.4) is 0 Å². The van der Waals surface area contributed by atoms with Crippen LogP contribution in [-0.4, -0.2) is 35.6 Å². The Hall–Kier alpha value is -1.82. The first-order valence-electron chi connectivity index (χ1n) is 8.03. The van der Waals surface area contributed by atoms with Gasteiger partial charge in [0.25, 0.3) is 0 Å². The van der Waals surface area contributed by atoms with Crippen molar-refractivity contribution in [2.45, 2.75) is 32.6 Å². The predicted octanol–water partition coefficient (Wildman–Crippen LogP) is 2.86. The van der Waals surface area contributed by atoms with Crippen molar-refractivity contribution in [3.8, 4) is 0 Å². The van der Waals surface area contributed by atoms with E-state index in [1.807, 2.05) is 6.92 Å². The summed E-state index contributed by atoms with van der Waals surface area (Å²) in [4.78, 5) is 19.9. The summed E-state index contributed by atoms with van der Waals surface area (Å²) in [6.07, 6.45) is 9.08. The third-order valence-corrected chi connectivity index (χ3v) is 3.90. The molecule has 126 valence electrons. The van der Waals surface area contributed by atoms with Crippen molar-refractivity contribution in [1.29, 1.82) is 0 Å². The highest BCUT2D eigenvalue weighted by molar-refractivity contribution is 6.28. The predicted molar refractivity (Wildman–Crippen MR) is 91.2 cm³/mol. The van der Waals surface area contributed by atoms with Crippen LogP contribution in [0.5, 0.6) is 0 Å². The maximum Gasteiger partial charge on any atom is 0.224 e. The van der Waals surface area contributed by atoms with E-state index in [1.165, 1.54) is 6.42 Å². The van der Waals surface area contributed by atoms with Crippen LogP contribution in [0.4, 0.5) is 5.82 Å². The lowest BCUT2D eigenvalue weighted by atomic mass is 9.85. The molecule has 1 saturated carbocycles. The molecule has 0 saturated heterocycles. The summed E-state index contributed by atoms with van der Waals surface area (Å²) in [5.74, 6) is 1.08. The standard InChI is InChI=1S/C16H23ClN4O2/c1-2-23-10-7-13-11-20-16(17)21-14(13)18-8-4-9-19-15(22)12-5-3-6-12/h7,10-12H,2-6,8-9H2,1H3,(H,19,22)(H,18,20,21)/b10-7+. The molecule has 1 aromatic heterocycles. The van der Waals surface area contributed by atoms with Crippen LogP contribution in [0.25, 0.3) is 6.08 Å². The Balaban J connectivity index is 1.75. The molecule has 0 bridgehead atoms. The first-order chi connectivity index (χ1) is 11.2. The molecule has 2 N–H and O–H groups in total. The topological polar surface area (TPSA) is 76.1 Å². The second-order valence-electron chi connectivity index (χ2n) is 5.40. The van der Waals surface area contributed by atoms with E-state index in [9.17, 15) is 4.79 Å². The SMILES string of the molecule is CCO/C=C/c1cnc(Cl)nc1NCCCNC(=O)C1CCC1. The molecule has 0 unspecified atom stereocenters. The Morgan fingerprint density at radius 1 is 1.48 bits per heavy atom. The molecule has 0 aliphatic heterocycles. The summed E-state index contributed by atoms with van der Waals surface area (Å²) >= 11 is 5.84. The lowest BCUT2D eigenvalue weighted by Crippen LogP contribution is -2.35. The van der Waals surface area contributed by atoms with Crippen LogP contribution in [0.2, 0.25) is 5.28 Å². The van der Waals surface area contributed by atoms with Gasteiger partial charge in [0.15, 0.2) is 0 Å². The average Bonchev–Trinajstić information content (AvgIpc) is 2.47. The van der Waals surface area contributed by atoms with Crippen LogP contribution in [-0.2, 0) is 9.53 Å². The van der Waals surface area contributed by atoms with Crippen LogP contribution in [0, 0.1) is 5.92 Å². The number of hydrogen-bond donors (Lipinski definition) is 2. The molecule has 1 aromatic rings. The summed E-state index contributed by atoms with van der Waals surface area (Å²) < 4.78 is 5.19. The quantitative estimate of drug-likeness (QED) is 0.411. The zero-order valence-corrected chi connectivity index (χ0v) is 14.1. The molecular formula is C16H23ClN4O2. The Kier molecular flexibility index (Phi) is 7.13. The number of amides is 1. The summed E-state index contributed by atoms with van der Waals surface area (Å²) in [5.41, 5.74) is 0.807. The number of halogens is 1. The van der Waals surface area contributed by atoms with E-state index in [1.54, 1.807) is 18.5 Å². The van der Waals surface area contributed by atoms with Gasteiger partial charge < -0.3 is 15.4 Å². The van der Waals surface area contributed by atoms with E-state index >= 15 is 0 Å². The minimum atomic E-state index is 0.182. The molecule has 0 atom stereocenters. The molecule has 1 fully saturated rings. The Labute approximate surface area is 141 Å². The number of carbonyl (C=O) groups excluding carboxylic acids is 1. The smallest absolute Gasteiger partial charge is 0.224 e.